The molecule has 11 aromatic rings. The Hall–Kier alpha value is -8.35. The Labute approximate surface area is 389 Å². The van der Waals surface area contributed by atoms with Gasteiger partial charge in [0.25, 0.3) is 0 Å². The molecular weight excluding hydrogens is 817 g/mol. The minimum atomic E-state index is -0.191. The number of anilines is 2. The molecule has 2 aliphatic rings. The van der Waals surface area contributed by atoms with E-state index in [1.54, 1.807) is 0 Å². The predicted molar refractivity (Wildman–Crippen MR) is 274 cm³/mol. The predicted octanol–water partition coefficient (Wildman–Crippen LogP) is 14.0. The fourth-order valence-corrected chi connectivity index (χ4v) is 11.2. The maximum absolute atomic E-state index is 4.51. The van der Waals surface area contributed by atoms with E-state index in [2.05, 4.69) is 218 Å². The Morgan fingerprint density at radius 2 is 0.881 bits per heavy atom. The molecule has 1 aliphatic heterocycles. The number of hydrogen-bond donors (Lipinski definition) is 0. The standard InChI is InChI=1S/C61H46N6/c1-61-28-7-6-10-55(61)54-40-64-31-27-60(54)67(61)49-23-17-43(18-24-49)34-46-36-44(32-41-13-19-47(20-14-41)65-56-11-4-2-8-50(56)52-38-62-29-25-58(52)65)35-45(37-46)33-42-15-21-48(22-16-42)66-57-12-5-3-9-51(57)53-39-63-30-26-59(53)66/h2-31,35-40,55H,32-34H2,1H3. The molecule has 0 N–H and O–H groups in total. The number of nitrogens with zero attached hydrogens (tertiary/aromatic N) is 6. The van der Waals surface area contributed by atoms with Crippen LogP contribution in [0.4, 0.5) is 11.4 Å². The molecule has 6 aromatic carbocycles. The van der Waals surface area contributed by atoms with Crippen molar-refractivity contribution in [3.05, 3.63) is 258 Å². The van der Waals surface area contributed by atoms with Gasteiger partial charge < -0.3 is 14.0 Å². The molecular formula is C61H46N6. The largest absolute Gasteiger partial charge is 0.331 e. The fourth-order valence-electron chi connectivity index (χ4n) is 11.2. The van der Waals surface area contributed by atoms with Gasteiger partial charge in [0.1, 0.15) is 0 Å². The highest BCUT2D eigenvalue weighted by molar-refractivity contribution is 6.09. The maximum Gasteiger partial charge on any atom is 0.0712 e. The van der Waals surface area contributed by atoms with Crippen molar-refractivity contribution in [2.75, 3.05) is 4.90 Å². The third-order valence-electron chi connectivity index (χ3n) is 14.2. The Morgan fingerprint density at radius 3 is 1.40 bits per heavy atom. The molecule has 6 heterocycles. The number of para-hydroxylation sites is 2. The Kier molecular flexibility index (Phi) is 9.13. The average molecular weight is 863 g/mol. The lowest BCUT2D eigenvalue weighted by Gasteiger charge is -2.39. The Bertz CT molecular complexity index is 3460. The van der Waals surface area contributed by atoms with Gasteiger partial charge in [-0.2, -0.15) is 0 Å². The monoisotopic (exact) mass is 862 g/mol. The first-order valence-electron chi connectivity index (χ1n) is 23.2. The van der Waals surface area contributed by atoms with Gasteiger partial charge in [-0.1, -0.05) is 115 Å². The van der Waals surface area contributed by atoms with Crippen LogP contribution in [0.15, 0.2) is 219 Å². The third kappa shape index (κ3) is 6.59. The van der Waals surface area contributed by atoms with E-state index in [-0.39, 0.29) is 11.5 Å². The zero-order valence-electron chi connectivity index (χ0n) is 37.2. The summed E-state index contributed by atoms with van der Waals surface area (Å²) in [5.41, 5.74) is 18.3. The van der Waals surface area contributed by atoms with Crippen molar-refractivity contribution in [1.29, 1.82) is 0 Å². The van der Waals surface area contributed by atoms with Crippen molar-refractivity contribution < 1.29 is 0 Å². The maximum atomic E-state index is 4.51. The molecule has 0 bridgehead atoms. The summed E-state index contributed by atoms with van der Waals surface area (Å²) < 4.78 is 4.70. The summed E-state index contributed by atoms with van der Waals surface area (Å²) in [6, 6.07) is 58.3. The summed E-state index contributed by atoms with van der Waals surface area (Å²) >= 11 is 0. The fraction of sp³-hybridized carbons (Fsp3) is 0.0984. The summed E-state index contributed by atoms with van der Waals surface area (Å²) in [7, 11) is 0. The summed E-state index contributed by atoms with van der Waals surface area (Å²) in [6.45, 7) is 2.34. The molecule has 0 amide bonds. The molecule has 320 valence electrons. The van der Waals surface area contributed by atoms with E-state index in [1.165, 1.54) is 93.9 Å². The van der Waals surface area contributed by atoms with E-state index in [0.717, 1.165) is 30.6 Å². The second-order valence-electron chi connectivity index (χ2n) is 18.4. The molecule has 5 aromatic heterocycles. The number of allylic oxidation sites excluding steroid dienone is 2. The van der Waals surface area contributed by atoms with E-state index in [1.807, 2.05) is 37.2 Å². The second-order valence-corrected chi connectivity index (χ2v) is 18.4. The van der Waals surface area contributed by atoms with E-state index in [0.29, 0.717) is 0 Å². The third-order valence-corrected chi connectivity index (χ3v) is 14.2. The lowest BCUT2D eigenvalue weighted by molar-refractivity contribution is 0.542. The van der Waals surface area contributed by atoms with Gasteiger partial charge in [0, 0.05) is 93.0 Å². The molecule has 6 heteroatoms. The van der Waals surface area contributed by atoms with Crippen molar-refractivity contribution in [1.82, 2.24) is 24.1 Å². The highest BCUT2D eigenvalue weighted by atomic mass is 15.2. The van der Waals surface area contributed by atoms with Crippen LogP contribution in [0.2, 0.25) is 0 Å². The minimum Gasteiger partial charge on any atom is -0.331 e. The number of aromatic nitrogens is 5. The molecule has 2 atom stereocenters. The van der Waals surface area contributed by atoms with Gasteiger partial charge in [-0.05, 0) is 126 Å². The lowest BCUT2D eigenvalue weighted by Crippen LogP contribution is -2.41. The van der Waals surface area contributed by atoms with Crippen LogP contribution in [0.3, 0.4) is 0 Å². The number of hydrogen-bond acceptors (Lipinski definition) is 4. The molecule has 0 spiro atoms. The van der Waals surface area contributed by atoms with Crippen LogP contribution in [0.5, 0.6) is 0 Å². The highest BCUT2D eigenvalue weighted by Gasteiger charge is 2.47. The van der Waals surface area contributed by atoms with Crippen molar-refractivity contribution >= 4 is 55.0 Å². The molecule has 1 aliphatic carbocycles. The van der Waals surface area contributed by atoms with Crippen LogP contribution >= 0.6 is 0 Å². The molecule has 6 nitrogen and oxygen atoms in total. The first-order valence-corrected chi connectivity index (χ1v) is 23.2. The summed E-state index contributed by atoms with van der Waals surface area (Å²) in [6.07, 6.45) is 23.2. The SMILES string of the molecule is CC12C=CC=CC1c1cnccc1N2c1ccc(Cc2cc(Cc3ccc(-n4c5ccccc5c5cnccc54)cc3)cc(Cc3ccc(-n4c5ccccc5c5cnccc54)cc3)c2)cc1. The summed E-state index contributed by atoms with van der Waals surface area (Å²) in [5.74, 6) is 0.256. The summed E-state index contributed by atoms with van der Waals surface area (Å²) in [5, 5.41) is 4.77. The van der Waals surface area contributed by atoms with Crippen LogP contribution < -0.4 is 4.90 Å². The molecule has 0 saturated heterocycles. The van der Waals surface area contributed by atoms with E-state index >= 15 is 0 Å². The van der Waals surface area contributed by atoms with Gasteiger partial charge in [0.15, 0.2) is 0 Å². The molecule has 0 fully saturated rings. The van der Waals surface area contributed by atoms with Crippen LogP contribution in [0, 0.1) is 0 Å². The minimum absolute atomic E-state index is 0.191. The highest BCUT2D eigenvalue weighted by Crippen LogP contribution is 2.53. The quantitative estimate of drug-likeness (QED) is 0.145. The zero-order chi connectivity index (χ0) is 44.5. The van der Waals surface area contributed by atoms with Crippen molar-refractivity contribution in [2.45, 2.75) is 37.6 Å². The second kappa shape index (κ2) is 15.7. The molecule has 13 rings (SSSR count). The summed E-state index contributed by atoms with van der Waals surface area (Å²) in [4.78, 5) is 15.9. The van der Waals surface area contributed by atoms with E-state index in [9.17, 15) is 0 Å². The van der Waals surface area contributed by atoms with Crippen LogP contribution in [-0.4, -0.2) is 29.6 Å². The van der Waals surface area contributed by atoms with Crippen molar-refractivity contribution in [3.63, 3.8) is 0 Å². The van der Waals surface area contributed by atoms with Gasteiger partial charge in [-0.3, -0.25) is 15.0 Å². The van der Waals surface area contributed by atoms with Crippen LogP contribution in [-0.2, 0) is 19.3 Å². The normalized spacial score (nSPS) is 16.4. The molecule has 2 unspecified atom stereocenters. The molecule has 0 saturated carbocycles. The number of pyridine rings is 3. The first-order chi connectivity index (χ1) is 33.1. The van der Waals surface area contributed by atoms with Gasteiger partial charge in [-0.25, -0.2) is 0 Å². The van der Waals surface area contributed by atoms with Gasteiger partial charge in [0.2, 0.25) is 0 Å². The van der Waals surface area contributed by atoms with E-state index in [4.69, 9.17) is 0 Å². The smallest absolute Gasteiger partial charge is 0.0712 e. The molecule has 67 heavy (non-hydrogen) atoms. The number of benzene rings is 6. The number of rotatable bonds is 9. The topological polar surface area (TPSA) is 51.8 Å². The van der Waals surface area contributed by atoms with Crippen LogP contribution in [0.1, 0.15) is 51.8 Å². The zero-order valence-corrected chi connectivity index (χ0v) is 37.2. The van der Waals surface area contributed by atoms with E-state index < -0.39 is 0 Å². The van der Waals surface area contributed by atoms with Gasteiger partial charge in [0.05, 0.1) is 27.6 Å². The number of fused-ring (bicyclic) bond motifs is 9. The Balaban J connectivity index is 0.825. The Morgan fingerprint density at radius 1 is 0.433 bits per heavy atom. The van der Waals surface area contributed by atoms with Gasteiger partial charge >= 0.3 is 0 Å². The van der Waals surface area contributed by atoms with Crippen molar-refractivity contribution in [2.24, 2.45) is 0 Å². The first kappa shape index (κ1) is 39.1. The van der Waals surface area contributed by atoms with Crippen molar-refractivity contribution in [3.8, 4) is 11.4 Å². The molecule has 0 radical (unpaired) electrons. The van der Waals surface area contributed by atoms with Gasteiger partial charge in [-0.15, -0.1) is 0 Å². The van der Waals surface area contributed by atoms with Crippen LogP contribution in [0.25, 0.3) is 55.0 Å². The lowest BCUT2D eigenvalue weighted by atomic mass is 9.81. The average Bonchev–Trinajstić information content (AvgIpc) is 3.98.